The van der Waals surface area contributed by atoms with E-state index < -0.39 is 0 Å². The summed E-state index contributed by atoms with van der Waals surface area (Å²) in [5.41, 5.74) is 4.44. The highest BCUT2D eigenvalue weighted by atomic mass is 79.9. The number of fused-ring (bicyclic) bond motifs is 1. The highest BCUT2D eigenvalue weighted by molar-refractivity contribution is 9.10. The van der Waals surface area contributed by atoms with Crippen LogP contribution in [0.1, 0.15) is 16.7 Å². The molecule has 0 aromatic heterocycles. The molecule has 0 bridgehead atoms. The molecule has 1 atom stereocenters. The van der Waals surface area contributed by atoms with Crippen molar-refractivity contribution in [3.8, 4) is 5.75 Å². The summed E-state index contributed by atoms with van der Waals surface area (Å²) in [6.07, 6.45) is 0.792. The van der Waals surface area contributed by atoms with Gasteiger partial charge in [0.1, 0.15) is 17.7 Å². The molecule has 0 amide bonds. The molecule has 3 rings (SSSR count). The van der Waals surface area contributed by atoms with Crippen molar-refractivity contribution in [3.05, 3.63) is 57.3 Å². The molecule has 1 unspecified atom stereocenters. The average molecular weight is 350 g/mol. The summed E-state index contributed by atoms with van der Waals surface area (Å²) in [5, 5.41) is 3.41. The number of halogens is 2. The van der Waals surface area contributed by atoms with Crippen LogP contribution in [0.3, 0.4) is 0 Å². The van der Waals surface area contributed by atoms with Crippen LogP contribution >= 0.6 is 15.9 Å². The van der Waals surface area contributed by atoms with Gasteiger partial charge in [-0.2, -0.15) is 0 Å². The zero-order valence-electron chi connectivity index (χ0n) is 12.0. The Morgan fingerprint density at radius 3 is 2.67 bits per heavy atom. The number of aryl methyl sites for hydroxylation is 2. The standard InChI is InChI=1S/C17H17BrFNO/c1-10-5-14(6-11(2)17(10)18)20-9-15-8-12-7-13(19)3-4-16(12)21-15/h3-7,15,20H,8-9H2,1-2H3. The molecule has 0 aliphatic carbocycles. The van der Waals surface area contributed by atoms with Gasteiger partial charge < -0.3 is 10.1 Å². The molecular weight excluding hydrogens is 333 g/mol. The molecule has 0 saturated carbocycles. The molecule has 21 heavy (non-hydrogen) atoms. The Labute approximate surface area is 132 Å². The Morgan fingerprint density at radius 2 is 1.95 bits per heavy atom. The van der Waals surface area contributed by atoms with Crippen molar-refractivity contribution in [2.24, 2.45) is 0 Å². The van der Waals surface area contributed by atoms with Crippen molar-refractivity contribution in [2.75, 3.05) is 11.9 Å². The van der Waals surface area contributed by atoms with Crippen molar-refractivity contribution in [1.29, 1.82) is 0 Å². The summed E-state index contributed by atoms with van der Waals surface area (Å²) in [7, 11) is 0. The lowest BCUT2D eigenvalue weighted by atomic mass is 10.1. The summed E-state index contributed by atoms with van der Waals surface area (Å²) >= 11 is 3.57. The number of nitrogens with one attached hydrogen (secondary N) is 1. The van der Waals surface area contributed by atoms with Crippen LogP contribution in [0.15, 0.2) is 34.8 Å². The Bertz CT molecular complexity index is 663. The SMILES string of the molecule is Cc1cc(NCC2Cc3cc(F)ccc3O2)cc(C)c1Br. The van der Waals surface area contributed by atoms with Crippen molar-refractivity contribution in [1.82, 2.24) is 0 Å². The minimum absolute atomic E-state index is 0.0473. The van der Waals surface area contributed by atoms with Gasteiger partial charge in [0.2, 0.25) is 0 Å². The van der Waals surface area contributed by atoms with E-state index in [-0.39, 0.29) is 11.9 Å². The first-order chi connectivity index (χ1) is 10.0. The monoisotopic (exact) mass is 349 g/mol. The maximum absolute atomic E-state index is 13.2. The van der Waals surface area contributed by atoms with E-state index >= 15 is 0 Å². The summed E-state index contributed by atoms with van der Waals surface area (Å²) in [4.78, 5) is 0. The fraction of sp³-hybridized carbons (Fsp3) is 0.294. The minimum atomic E-state index is -0.204. The van der Waals surface area contributed by atoms with Crippen LogP contribution < -0.4 is 10.1 Å². The largest absolute Gasteiger partial charge is 0.488 e. The Balaban J connectivity index is 1.65. The highest BCUT2D eigenvalue weighted by Crippen LogP contribution is 2.30. The van der Waals surface area contributed by atoms with Gasteiger partial charge in [0.05, 0.1) is 6.54 Å². The van der Waals surface area contributed by atoms with Crippen LogP contribution in [0.25, 0.3) is 0 Å². The molecule has 2 aromatic rings. The van der Waals surface area contributed by atoms with Crippen LogP contribution in [0, 0.1) is 19.7 Å². The molecule has 110 valence electrons. The third-order valence-corrected chi connectivity index (χ3v) is 4.98. The highest BCUT2D eigenvalue weighted by Gasteiger charge is 2.23. The first-order valence-electron chi connectivity index (χ1n) is 6.98. The summed E-state index contributed by atoms with van der Waals surface area (Å²) < 4.78 is 20.2. The number of hydrogen-bond acceptors (Lipinski definition) is 2. The van der Waals surface area contributed by atoms with Gasteiger partial charge in [-0.1, -0.05) is 15.9 Å². The van der Waals surface area contributed by atoms with Crippen LogP contribution in [0.4, 0.5) is 10.1 Å². The average Bonchev–Trinajstić information content (AvgIpc) is 2.84. The molecule has 4 heteroatoms. The molecule has 0 saturated heterocycles. The molecule has 2 aromatic carbocycles. The van der Waals surface area contributed by atoms with Crippen LogP contribution in [-0.2, 0) is 6.42 Å². The summed E-state index contributed by atoms with van der Waals surface area (Å²) in [6, 6.07) is 8.93. The smallest absolute Gasteiger partial charge is 0.123 e. The number of ether oxygens (including phenoxy) is 1. The van der Waals surface area contributed by atoms with Gasteiger partial charge in [0.15, 0.2) is 0 Å². The molecular formula is C17H17BrFNO. The van der Waals surface area contributed by atoms with Gasteiger partial charge in [-0.15, -0.1) is 0 Å². The zero-order chi connectivity index (χ0) is 15.0. The lowest BCUT2D eigenvalue weighted by Gasteiger charge is -2.14. The van der Waals surface area contributed by atoms with Gasteiger partial charge in [-0.05, 0) is 55.3 Å². The van der Waals surface area contributed by atoms with E-state index in [1.54, 1.807) is 12.1 Å². The molecule has 1 N–H and O–H groups in total. The van der Waals surface area contributed by atoms with Gasteiger partial charge in [-0.25, -0.2) is 4.39 Å². The Hall–Kier alpha value is -1.55. The molecule has 0 spiro atoms. The number of hydrogen-bond donors (Lipinski definition) is 1. The lowest BCUT2D eigenvalue weighted by molar-refractivity contribution is 0.246. The van der Waals surface area contributed by atoms with E-state index in [1.165, 1.54) is 17.2 Å². The maximum atomic E-state index is 13.2. The van der Waals surface area contributed by atoms with E-state index in [9.17, 15) is 4.39 Å². The quantitative estimate of drug-likeness (QED) is 0.872. The second-order valence-electron chi connectivity index (χ2n) is 5.50. The van der Waals surface area contributed by atoms with Crippen molar-refractivity contribution >= 4 is 21.6 Å². The van der Waals surface area contributed by atoms with Crippen molar-refractivity contribution < 1.29 is 9.13 Å². The maximum Gasteiger partial charge on any atom is 0.123 e. The Kier molecular flexibility index (Phi) is 3.89. The van der Waals surface area contributed by atoms with E-state index in [0.717, 1.165) is 27.9 Å². The predicted molar refractivity (Wildman–Crippen MR) is 86.6 cm³/mol. The van der Waals surface area contributed by atoms with E-state index in [4.69, 9.17) is 4.74 Å². The summed E-state index contributed by atoms with van der Waals surface area (Å²) in [6.45, 7) is 4.86. The predicted octanol–water partition coefficient (Wildman–Crippen LogP) is 4.62. The van der Waals surface area contributed by atoms with Gasteiger partial charge in [0.25, 0.3) is 0 Å². The van der Waals surface area contributed by atoms with Crippen LogP contribution in [0.5, 0.6) is 5.75 Å². The third kappa shape index (κ3) is 3.05. The summed E-state index contributed by atoms with van der Waals surface area (Å²) in [5.74, 6) is 0.594. The third-order valence-electron chi connectivity index (χ3n) is 3.73. The first-order valence-corrected chi connectivity index (χ1v) is 7.78. The van der Waals surface area contributed by atoms with Crippen LogP contribution in [0.2, 0.25) is 0 Å². The minimum Gasteiger partial charge on any atom is -0.488 e. The molecule has 0 radical (unpaired) electrons. The Morgan fingerprint density at radius 1 is 1.24 bits per heavy atom. The van der Waals surface area contributed by atoms with E-state index in [0.29, 0.717) is 6.54 Å². The van der Waals surface area contributed by atoms with Gasteiger partial charge in [-0.3, -0.25) is 0 Å². The number of rotatable bonds is 3. The van der Waals surface area contributed by atoms with E-state index in [2.05, 4.69) is 47.2 Å². The molecule has 1 heterocycles. The molecule has 0 fully saturated rings. The number of anilines is 1. The van der Waals surface area contributed by atoms with Crippen LogP contribution in [-0.4, -0.2) is 12.6 Å². The number of benzene rings is 2. The fourth-order valence-electron chi connectivity index (χ4n) is 2.68. The second-order valence-corrected chi connectivity index (χ2v) is 6.29. The van der Waals surface area contributed by atoms with Gasteiger partial charge >= 0.3 is 0 Å². The first kappa shape index (κ1) is 14.4. The lowest BCUT2D eigenvalue weighted by Crippen LogP contribution is -2.24. The fourth-order valence-corrected chi connectivity index (χ4v) is 2.91. The second kappa shape index (κ2) is 5.68. The zero-order valence-corrected chi connectivity index (χ0v) is 13.6. The van der Waals surface area contributed by atoms with Crippen molar-refractivity contribution in [3.63, 3.8) is 0 Å². The van der Waals surface area contributed by atoms with Gasteiger partial charge in [0, 0.05) is 22.1 Å². The normalized spacial score (nSPS) is 16.5. The molecule has 1 aliphatic rings. The molecule has 2 nitrogen and oxygen atoms in total. The topological polar surface area (TPSA) is 21.3 Å². The van der Waals surface area contributed by atoms with Crippen molar-refractivity contribution in [2.45, 2.75) is 26.4 Å². The van der Waals surface area contributed by atoms with E-state index in [1.807, 2.05) is 0 Å². The molecule has 1 aliphatic heterocycles.